The zero-order valence-corrected chi connectivity index (χ0v) is 52.9. The SMILES string of the molecule is CCC/C=C\C/C=C\CCCCCCCC(=O)OCC(COC(=O)CCCCCCCCCCCCCCCCCCC/C=C\CCCCCCCCCC)OC(=O)CCCCCCCCCCC/C=C\C/C=C\CCCCC. The van der Waals surface area contributed by atoms with Gasteiger partial charge < -0.3 is 14.2 Å². The van der Waals surface area contributed by atoms with Crippen LogP contribution in [0.1, 0.15) is 367 Å². The highest BCUT2D eigenvalue weighted by Gasteiger charge is 2.19. The van der Waals surface area contributed by atoms with Gasteiger partial charge in [-0.05, 0) is 103 Å². The summed E-state index contributed by atoms with van der Waals surface area (Å²) in [7, 11) is 0. The summed E-state index contributed by atoms with van der Waals surface area (Å²) in [6, 6.07) is 0. The lowest BCUT2D eigenvalue weighted by molar-refractivity contribution is -0.167. The molecule has 0 rings (SSSR count). The molecule has 0 aromatic heterocycles. The van der Waals surface area contributed by atoms with E-state index in [-0.39, 0.29) is 31.1 Å². The van der Waals surface area contributed by atoms with Crippen LogP contribution in [0.4, 0.5) is 0 Å². The lowest BCUT2D eigenvalue weighted by atomic mass is 10.0. The van der Waals surface area contributed by atoms with Crippen LogP contribution in [0.2, 0.25) is 0 Å². The maximum Gasteiger partial charge on any atom is 0.306 e. The van der Waals surface area contributed by atoms with Crippen LogP contribution in [0.3, 0.4) is 0 Å². The number of hydrogen-bond donors (Lipinski definition) is 0. The third kappa shape index (κ3) is 65.8. The Balaban J connectivity index is 4.21. The molecule has 0 aliphatic carbocycles. The van der Waals surface area contributed by atoms with Crippen molar-refractivity contribution in [2.24, 2.45) is 0 Å². The number of carbonyl (C=O) groups excluding carboxylic acids is 3. The molecular formula is C73H132O6. The molecule has 6 heteroatoms. The highest BCUT2D eigenvalue weighted by Crippen LogP contribution is 2.18. The first-order valence-corrected chi connectivity index (χ1v) is 34.8. The van der Waals surface area contributed by atoms with Crippen molar-refractivity contribution in [1.82, 2.24) is 0 Å². The van der Waals surface area contributed by atoms with E-state index < -0.39 is 6.10 Å². The van der Waals surface area contributed by atoms with Gasteiger partial charge in [0.2, 0.25) is 0 Å². The van der Waals surface area contributed by atoms with Crippen molar-refractivity contribution in [1.29, 1.82) is 0 Å². The van der Waals surface area contributed by atoms with Gasteiger partial charge in [0, 0.05) is 19.3 Å². The molecule has 0 spiro atoms. The van der Waals surface area contributed by atoms with Gasteiger partial charge in [0.25, 0.3) is 0 Å². The van der Waals surface area contributed by atoms with Crippen LogP contribution < -0.4 is 0 Å². The second-order valence-electron chi connectivity index (χ2n) is 23.4. The summed E-state index contributed by atoms with van der Waals surface area (Å²) < 4.78 is 17.0. The molecule has 0 saturated carbocycles. The Morgan fingerprint density at radius 3 is 0.785 bits per heavy atom. The number of hydrogen-bond acceptors (Lipinski definition) is 6. The fraction of sp³-hybridized carbons (Fsp3) is 0.822. The average molecular weight is 1110 g/mol. The summed E-state index contributed by atoms with van der Waals surface area (Å²) in [4.78, 5) is 38.4. The van der Waals surface area contributed by atoms with Crippen molar-refractivity contribution in [3.8, 4) is 0 Å². The zero-order chi connectivity index (χ0) is 57.1. The lowest BCUT2D eigenvalue weighted by Gasteiger charge is -2.18. The van der Waals surface area contributed by atoms with Gasteiger partial charge in [-0.25, -0.2) is 0 Å². The molecule has 0 fully saturated rings. The van der Waals surface area contributed by atoms with Gasteiger partial charge in [-0.1, -0.05) is 306 Å². The highest BCUT2D eigenvalue weighted by molar-refractivity contribution is 5.71. The lowest BCUT2D eigenvalue weighted by Crippen LogP contribution is -2.30. The van der Waals surface area contributed by atoms with E-state index in [4.69, 9.17) is 14.2 Å². The Morgan fingerprint density at radius 1 is 0.253 bits per heavy atom. The van der Waals surface area contributed by atoms with E-state index in [1.165, 1.54) is 238 Å². The van der Waals surface area contributed by atoms with Gasteiger partial charge in [-0.3, -0.25) is 14.4 Å². The van der Waals surface area contributed by atoms with E-state index in [0.717, 1.165) is 89.9 Å². The Labute approximate surface area is 491 Å². The molecule has 0 aromatic rings. The predicted octanol–water partition coefficient (Wildman–Crippen LogP) is 23.9. The van der Waals surface area contributed by atoms with Gasteiger partial charge in [-0.15, -0.1) is 0 Å². The van der Waals surface area contributed by atoms with Crippen molar-refractivity contribution in [3.63, 3.8) is 0 Å². The average Bonchev–Trinajstić information content (AvgIpc) is 3.45. The first-order chi connectivity index (χ1) is 39.0. The summed E-state index contributed by atoms with van der Waals surface area (Å²) in [5.41, 5.74) is 0. The third-order valence-corrected chi connectivity index (χ3v) is 15.4. The van der Waals surface area contributed by atoms with E-state index in [1.807, 2.05) is 0 Å². The van der Waals surface area contributed by atoms with Gasteiger partial charge in [0.05, 0.1) is 0 Å². The number of rotatable bonds is 64. The zero-order valence-electron chi connectivity index (χ0n) is 52.9. The van der Waals surface area contributed by atoms with Crippen molar-refractivity contribution >= 4 is 17.9 Å². The van der Waals surface area contributed by atoms with E-state index in [2.05, 4.69) is 81.5 Å². The number of carbonyl (C=O) groups is 3. The van der Waals surface area contributed by atoms with Gasteiger partial charge in [-0.2, -0.15) is 0 Å². The largest absolute Gasteiger partial charge is 0.462 e. The Hall–Kier alpha value is -2.89. The molecule has 1 unspecified atom stereocenters. The fourth-order valence-electron chi connectivity index (χ4n) is 10.2. The Bertz CT molecular complexity index is 1410. The van der Waals surface area contributed by atoms with Gasteiger partial charge >= 0.3 is 17.9 Å². The van der Waals surface area contributed by atoms with Crippen LogP contribution in [0.5, 0.6) is 0 Å². The van der Waals surface area contributed by atoms with Crippen molar-refractivity contribution < 1.29 is 28.6 Å². The fourth-order valence-corrected chi connectivity index (χ4v) is 10.2. The van der Waals surface area contributed by atoms with E-state index in [0.29, 0.717) is 19.3 Å². The molecule has 6 nitrogen and oxygen atoms in total. The molecule has 0 saturated heterocycles. The minimum atomic E-state index is -0.782. The molecular weight excluding hydrogens is 973 g/mol. The van der Waals surface area contributed by atoms with Gasteiger partial charge in [0.15, 0.2) is 6.10 Å². The topological polar surface area (TPSA) is 78.9 Å². The summed E-state index contributed by atoms with van der Waals surface area (Å²) in [5, 5.41) is 0. The minimum Gasteiger partial charge on any atom is -0.462 e. The number of esters is 3. The van der Waals surface area contributed by atoms with Crippen LogP contribution in [0, 0.1) is 0 Å². The molecule has 0 N–H and O–H groups in total. The molecule has 0 aliphatic heterocycles. The molecule has 0 radical (unpaired) electrons. The quantitative estimate of drug-likeness (QED) is 0.0261. The maximum atomic E-state index is 12.9. The first-order valence-electron chi connectivity index (χ1n) is 34.8. The van der Waals surface area contributed by atoms with Crippen molar-refractivity contribution in [2.75, 3.05) is 13.2 Å². The standard InChI is InChI=1S/C73H132O6/c1-4-7-10-13-16-19-22-25-27-29-31-32-33-34-35-36-37-38-39-40-42-43-45-48-51-54-57-60-63-66-72(75)78-69-70(68-77-71(74)65-62-59-56-53-50-47-24-21-18-15-12-9-6-3)79-73(76)67-64-61-58-55-52-49-46-44-41-30-28-26-23-20-17-14-11-8-5-2/h12,15,17,20-21,24,26,28-29,31,70H,4-11,13-14,16,18-19,22-23,25,27,30,32-69H2,1-3H3/b15-12-,20-17-,24-21-,28-26-,31-29-. The molecule has 0 heterocycles. The molecule has 79 heavy (non-hydrogen) atoms. The predicted molar refractivity (Wildman–Crippen MR) is 344 cm³/mol. The number of allylic oxidation sites excluding steroid dienone is 10. The smallest absolute Gasteiger partial charge is 0.306 e. The summed E-state index contributed by atoms with van der Waals surface area (Å²) in [6.45, 7) is 6.59. The number of unbranched alkanes of at least 4 members (excludes halogenated alkanes) is 43. The first kappa shape index (κ1) is 76.1. The van der Waals surface area contributed by atoms with Crippen LogP contribution in [-0.4, -0.2) is 37.2 Å². The van der Waals surface area contributed by atoms with Crippen molar-refractivity contribution in [2.45, 2.75) is 374 Å². The molecule has 0 aliphatic rings. The minimum absolute atomic E-state index is 0.0775. The van der Waals surface area contributed by atoms with Crippen LogP contribution >= 0.6 is 0 Å². The van der Waals surface area contributed by atoms with E-state index in [1.54, 1.807) is 0 Å². The Kier molecular flexibility index (Phi) is 65.1. The van der Waals surface area contributed by atoms with Crippen LogP contribution in [-0.2, 0) is 28.6 Å². The molecule has 1 atom stereocenters. The molecule has 0 amide bonds. The van der Waals surface area contributed by atoms with Crippen LogP contribution in [0.15, 0.2) is 60.8 Å². The summed E-state index contributed by atoms with van der Waals surface area (Å²) >= 11 is 0. The van der Waals surface area contributed by atoms with E-state index >= 15 is 0 Å². The van der Waals surface area contributed by atoms with Crippen LogP contribution in [0.25, 0.3) is 0 Å². The van der Waals surface area contributed by atoms with Gasteiger partial charge in [0.1, 0.15) is 13.2 Å². The second-order valence-corrected chi connectivity index (χ2v) is 23.4. The molecule has 0 bridgehead atoms. The maximum absolute atomic E-state index is 12.9. The van der Waals surface area contributed by atoms with E-state index in [9.17, 15) is 14.4 Å². The normalized spacial score (nSPS) is 12.4. The molecule has 0 aromatic carbocycles. The summed E-state index contributed by atoms with van der Waals surface area (Å²) in [6.07, 6.45) is 86.8. The monoisotopic (exact) mass is 1110 g/mol. The Morgan fingerprint density at radius 2 is 0.481 bits per heavy atom. The van der Waals surface area contributed by atoms with Crippen molar-refractivity contribution in [3.05, 3.63) is 60.8 Å². The highest BCUT2D eigenvalue weighted by atomic mass is 16.6. The summed E-state index contributed by atoms with van der Waals surface area (Å²) in [5.74, 6) is -0.877. The molecule has 460 valence electrons. The third-order valence-electron chi connectivity index (χ3n) is 15.4. The second kappa shape index (κ2) is 67.6. The number of ether oxygens (including phenoxy) is 3.